The molecule has 1 aromatic rings. The monoisotopic (exact) mass is 407 g/mol. The molecule has 0 fully saturated rings. The van der Waals surface area contributed by atoms with Crippen molar-refractivity contribution < 1.29 is 33.4 Å². The Morgan fingerprint density at radius 1 is 1.17 bits per heavy atom. The van der Waals surface area contributed by atoms with E-state index in [1.54, 1.807) is 25.1 Å². The van der Waals surface area contributed by atoms with Crippen LogP contribution >= 0.6 is 0 Å². The highest BCUT2D eigenvalue weighted by molar-refractivity contribution is 5.99. The fourth-order valence-corrected chi connectivity index (χ4v) is 2.23. The molecule has 0 saturated carbocycles. The number of oxime groups is 1. The van der Waals surface area contributed by atoms with E-state index in [9.17, 15) is 14.4 Å². The zero-order chi connectivity index (χ0) is 21.2. The van der Waals surface area contributed by atoms with Gasteiger partial charge in [0, 0.05) is 12.1 Å². The fourth-order valence-electron chi connectivity index (χ4n) is 2.23. The molecule has 0 saturated heterocycles. The molecule has 0 radical (unpaired) electrons. The Labute approximate surface area is 168 Å². The molecule has 0 aromatic heterocycles. The molecule has 2 rings (SSSR count). The minimum Gasteiger partial charge on any atom is -0.454 e. The zero-order valence-corrected chi connectivity index (χ0v) is 16.6. The fraction of sp³-hybridized carbons (Fsp3) is 0.474. The van der Waals surface area contributed by atoms with Gasteiger partial charge < -0.3 is 24.4 Å². The van der Waals surface area contributed by atoms with Crippen LogP contribution in [0.25, 0.3) is 0 Å². The number of nitrogens with zero attached hydrogens (tertiary/aromatic N) is 1. The topological polar surface area (TPSA) is 125 Å². The number of benzene rings is 1. The molecule has 0 spiro atoms. The third-order valence-electron chi connectivity index (χ3n) is 3.80. The van der Waals surface area contributed by atoms with Crippen LogP contribution in [0.3, 0.4) is 0 Å². The quantitative estimate of drug-likeness (QED) is 0.362. The van der Waals surface area contributed by atoms with E-state index in [-0.39, 0.29) is 6.79 Å². The molecule has 0 bridgehead atoms. The molecule has 158 valence electrons. The van der Waals surface area contributed by atoms with Crippen LogP contribution in [0.2, 0.25) is 0 Å². The summed E-state index contributed by atoms with van der Waals surface area (Å²) in [4.78, 5) is 39.6. The molecule has 1 aromatic carbocycles. The lowest BCUT2D eigenvalue weighted by atomic mass is 10.1. The van der Waals surface area contributed by atoms with Crippen molar-refractivity contribution in [2.45, 2.75) is 27.2 Å². The maximum Gasteiger partial charge on any atom is 0.347 e. The van der Waals surface area contributed by atoms with Crippen molar-refractivity contribution in [3.63, 3.8) is 0 Å². The first-order valence-corrected chi connectivity index (χ1v) is 9.15. The summed E-state index contributed by atoms with van der Waals surface area (Å²) >= 11 is 0. The molecular weight excluding hydrogens is 382 g/mol. The van der Waals surface area contributed by atoms with Gasteiger partial charge in [-0.05, 0) is 37.5 Å². The van der Waals surface area contributed by atoms with Gasteiger partial charge in [-0.1, -0.05) is 19.0 Å². The van der Waals surface area contributed by atoms with Gasteiger partial charge in [0.25, 0.3) is 5.91 Å². The van der Waals surface area contributed by atoms with Crippen molar-refractivity contribution >= 4 is 23.6 Å². The average Bonchev–Trinajstić information content (AvgIpc) is 3.13. The summed E-state index contributed by atoms with van der Waals surface area (Å²) < 4.78 is 15.3. The number of fused-ring (bicyclic) bond motifs is 1. The maximum atomic E-state index is 11.6. The van der Waals surface area contributed by atoms with Crippen molar-refractivity contribution in [2.24, 2.45) is 11.1 Å². The van der Waals surface area contributed by atoms with Gasteiger partial charge in [-0.15, -0.1) is 0 Å². The van der Waals surface area contributed by atoms with Crippen molar-refractivity contribution in [1.29, 1.82) is 0 Å². The third-order valence-corrected chi connectivity index (χ3v) is 3.80. The Kier molecular flexibility index (Phi) is 8.26. The lowest BCUT2D eigenvalue weighted by Crippen LogP contribution is -2.42. The number of esters is 1. The van der Waals surface area contributed by atoms with Crippen LogP contribution in [0, 0.1) is 5.92 Å². The second kappa shape index (κ2) is 10.9. The van der Waals surface area contributed by atoms with Gasteiger partial charge in [0.2, 0.25) is 13.4 Å². The molecule has 0 atom stereocenters. The molecule has 0 aliphatic carbocycles. The number of ether oxygens (including phenoxy) is 3. The number of nitrogens with one attached hydrogen (secondary N) is 2. The van der Waals surface area contributed by atoms with Crippen LogP contribution in [-0.4, -0.2) is 50.2 Å². The van der Waals surface area contributed by atoms with Gasteiger partial charge in [0.1, 0.15) is 0 Å². The van der Waals surface area contributed by atoms with Gasteiger partial charge in [-0.25, -0.2) is 9.59 Å². The summed E-state index contributed by atoms with van der Waals surface area (Å²) in [5.41, 5.74) is 1.26. The van der Waals surface area contributed by atoms with Gasteiger partial charge >= 0.3 is 12.0 Å². The molecule has 3 amide bonds. The van der Waals surface area contributed by atoms with Crippen LogP contribution in [0.4, 0.5) is 4.79 Å². The minimum absolute atomic E-state index is 0.171. The van der Waals surface area contributed by atoms with Crippen LogP contribution in [0.15, 0.2) is 23.4 Å². The summed E-state index contributed by atoms with van der Waals surface area (Å²) in [6.07, 6.45) is 0.792. The summed E-state index contributed by atoms with van der Waals surface area (Å²) in [6.45, 7) is 5.30. The first kappa shape index (κ1) is 22.0. The Morgan fingerprint density at radius 2 is 1.93 bits per heavy atom. The van der Waals surface area contributed by atoms with E-state index in [4.69, 9.17) is 19.0 Å². The molecule has 0 unspecified atom stereocenters. The number of rotatable bonds is 9. The highest BCUT2D eigenvalue weighted by Gasteiger charge is 2.15. The lowest BCUT2D eigenvalue weighted by Gasteiger charge is -2.08. The molecule has 29 heavy (non-hydrogen) atoms. The van der Waals surface area contributed by atoms with E-state index in [1.807, 2.05) is 13.8 Å². The molecular formula is C19H25N3O7. The first-order valence-electron chi connectivity index (χ1n) is 9.15. The number of carbonyl (C=O) groups is 3. The molecule has 1 aliphatic rings. The van der Waals surface area contributed by atoms with E-state index in [1.165, 1.54) is 0 Å². The number of carbonyl (C=O) groups excluding carboxylic acids is 3. The molecule has 1 aliphatic heterocycles. The van der Waals surface area contributed by atoms with Crippen molar-refractivity contribution in [1.82, 2.24) is 10.6 Å². The second-order valence-electron chi connectivity index (χ2n) is 6.67. The Hall–Kier alpha value is -3.30. The summed E-state index contributed by atoms with van der Waals surface area (Å²) in [6, 6.07) is 4.65. The predicted molar refractivity (Wildman–Crippen MR) is 103 cm³/mol. The third kappa shape index (κ3) is 7.68. The molecule has 10 heteroatoms. The first-order chi connectivity index (χ1) is 13.8. The lowest BCUT2D eigenvalue weighted by molar-refractivity contribution is -0.152. The Bertz CT molecular complexity index is 777. The van der Waals surface area contributed by atoms with E-state index >= 15 is 0 Å². The highest BCUT2D eigenvalue weighted by Crippen LogP contribution is 2.32. The highest BCUT2D eigenvalue weighted by atomic mass is 16.7. The van der Waals surface area contributed by atoms with E-state index in [2.05, 4.69) is 15.8 Å². The van der Waals surface area contributed by atoms with E-state index in [0.717, 1.165) is 12.0 Å². The second-order valence-corrected chi connectivity index (χ2v) is 6.67. The summed E-state index contributed by atoms with van der Waals surface area (Å²) in [5, 5.41) is 8.45. The standard InChI is InChI=1S/C19H25N3O7/c1-12(2)6-7-20-19(25)21-17(23)9-26-18(24)10-29-22-13(3)14-4-5-15-16(8-14)28-11-27-15/h4-5,8,12H,6-7,9-11H2,1-3H3,(H2,20,21,23,25)/b22-13-. The predicted octanol–water partition coefficient (Wildman–Crippen LogP) is 1.57. The van der Waals surface area contributed by atoms with Crippen LogP contribution in [0.1, 0.15) is 32.8 Å². The van der Waals surface area contributed by atoms with Crippen LogP contribution in [0.5, 0.6) is 11.5 Å². The number of amides is 3. The van der Waals surface area contributed by atoms with Gasteiger partial charge in [-0.3, -0.25) is 10.1 Å². The summed E-state index contributed by atoms with van der Waals surface area (Å²) in [5.74, 6) is 0.167. The van der Waals surface area contributed by atoms with Gasteiger partial charge in [-0.2, -0.15) is 0 Å². The number of hydrogen-bond donors (Lipinski definition) is 2. The van der Waals surface area contributed by atoms with Gasteiger partial charge in [0.15, 0.2) is 18.1 Å². The Balaban J connectivity index is 1.65. The normalized spacial score (nSPS) is 12.5. The molecule has 10 nitrogen and oxygen atoms in total. The van der Waals surface area contributed by atoms with E-state index in [0.29, 0.717) is 29.7 Å². The minimum atomic E-state index is -0.789. The largest absolute Gasteiger partial charge is 0.454 e. The number of imide groups is 1. The number of urea groups is 1. The Morgan fingerprint density at radius 3 is 2.69 bits per heavy atom. The van der Waals surface area contributed by atoms with Crippen LogP contribution in [-0.2, 0) is 19.2 Å². The SMILES string of the molecule is C/C(=N/OCC(=O)OCC(=O)NC(=O)NCCC(C)C)c1ccc2c(c1)OCO2. The van der Waals surface area contributed by atoms with Crippen molar-refractivity contribution in [3.8, 4) is 11.5 Å². The van der Waals surface area contributed by atoms with Crippen molar-refractivity contribution in [2.75, 3.05) is 26.6 Å². The molecule has 2 N–H and O–H groups in total. The zero-order valence-electron chi connectivity index (χ0n) is 16.6. The van der Waals surface area contributed by atoms with E-state index < -0.39 is 31.1 Å². The smallest absolute Gasteiger partial charge is 0.347 e. The average molecular weight is 407 g/mol. The van der Waals surface area contributed by atoms with Crippen LogP contribution < -0.4 is 20.1 Å². The number of hydrogen-bond acceptors (Lipinski definition) is 8. The summed E-state index contributed by atoms with van der Waals surface area (Å²) in [7, 11) is 0. The maximum absolute atomic E-state index is 11.6. The molecule has 1 heterocycles. The van der Waals surface area contributed by atoms with Gasteiger partial charge in [0.05, 0.1) is 5.71 Å². The van der Waals surface area contributed by atoms with Crippen molar-refractivity contribution in [3.05, 3.63) is 23.8 Å².